The Morgan fingerprint density at radius 1 is 1.32 bits per heavy atom. The van der Waals surface area contributed by atoms with Crippen LogP contribution in [0.1, 0.15) is 27.2 Å². The summed E-state index contributed by atoms with van der Waals surface area (Å²) in [7, 11) is -2.09. The van der Waals surface area contributed by atoms with E-state index in [2.05, 4.69) is 33.9 Å². The van der Waals surface area contributed by atoms with Crippen molar-refractivity contribution in [2.75, 3.05) is 6.61 Å². The average molecular weight is 290 g/mol. The van der Waals surface area contributed by atoms with Crippen LogP contribution in [-0.4, -0.2) is 54.3 Å². The third-order valence-corrected chi connectivity index (χ3v) is 8.89. The maximum Gasteiger partial charge on any atom is 0.192 e. The van der Waals surface area contributed by atoms with Gasteiger partial charge in [-0.2, -0.15) is 0 Å². The van der Waals surface area contributed by atoms with Gasteiger partial charge in [0.25, 0.3) is 0 Å². The van der Waals surface area contributed by atoms with Crippen LogP contribution in [0, 0.1) is 5.92 Å². The van der Waals surface area contributed by atoms with Crippen molar-refractivity contribution in [1.82, 2.24) is 0 Å². The molecule has 1 aliphatic rings. The number of rotatable bonds is 3. The van der Waals surface area contributed by atoms with Crippen LogP contribution in [0.25, 0.3) is 0 Å². The van der Waals surface area contributed by atoms with E-state index in [0.717, 1.165) is 0 Å². The zero-order valence-electron chi connectivity index (χ0n) is 12.4. The molecule has 3 N–H and O–H groups in total. The van der Waals surface area contributed by atoms with E-state index in [1.807, 2.05) is 0 Å². The van der Waals surface area contributed by atoms with Crippen molar-refractivity contribution in [3.05, 3.63) is 0 Å². The molecule has 1 saturated carbocycles. The van der Waals surface area contributed by atoms with E-state index in [0.29, 0.717) is 0 Å². The maximum absolute atomic E-state index is 11.7. The number of aliphatic hydroxyl groups excluding tert-OH is 3. The van der Waals surface area contributed by atoms with E-state index in [4.69, 9.17) is 4.43 Å². The lowest BCUT2D eigenvalue weighted by molar-refractivity contribution is -0.154. The fourth-order valence-electron chi connectivity index (χ4n) is 1.99. The summed E-state index contributed by atoms with van der Waals surface area (Å²) < 4.78 is 6.07. The Labute approximate surface area is 115 Å². The number of carbonyl (C=O) groups is 1. The molecular weight excluding hydrogens is 264 g/mol. The summed E-state index contributed by atoms with van der Waals surface area (Å²) in [6.45, 7) is 10.0. The third kappa shape index (κ3) is 3.44. The Hall–Kier alpha value is -0.273. The maximum atomic E-state index is 11.7. The van der Waals surface area contributed by atoms with Gasteiger partial charge in [0.15, 0.2) is 14.1 Å². The summed E-state index contributed by atoms with van der Waals surface area (Å²) >= 11 is 0. The molecule has 0 radical (unpaired) electrons. The van der Waals surface area contributed by atoms with Gasteiger partial charge in [-0.15, -0.1) is 0 Å². The summed E-state index contributed by atoms with van der Waals surface area (Å²) in [5, 5.41) is 28.9. The van der Waals surface area contributed by atoms with Crippen LogP contribution < -0.4 is 0 Å². The van der Waals surface area contributed by atoms with Gasteiger partial charge in [-0.1, -0.05) is 20.8 Å². The fraction of sp³-hybridized carbons (Fsp3) is 0.923. The molecule has 112 valence electrons. The molecule has 19 heavy (non-hydrogen) atoms. The van der Waals surface area contributed by atoms with Crippen LogP contribution in [0.2, 0.25) is 18.1 Å². The van der Waals surface area contributed by atoms with Crippen molar-refractivity contribution in [2.24, 2.45) is 5.92 Å². The van der Waals surface area contributed by atoms with Crippen LogP contribution >= 0.6 is 0 Å². The molecule has 0 aromatic carbocycles. The fourth-order valence-corrected chi connectivity index (χ4v) is 3.33. The summed E-state index contributed by atoms with van der Waals surface area (Å²) in [4.78, 5) is 11.7. The van der Waals surface area contributed by atoms with Crippen LogP contribution in [0.5, 0.6) is 0 Å². The van der Waals surface area contributed by atoms with Crippen LogP contribution in [0.4, 0.5) is 0 Å². The highest BCUT2D eigenvalue weighted by Crippen LogP contribution is 2.39. The second-order valence-corrected chi connectivity index (χ2v) is 11.6. The largest absolute Gasteiger partial charge is 0.411 e. The van der Waals surface area contributed by atoms with E-state index in [-0.39, 0.29) is 18.1 Å². The van der Waals surface area contributed by atoms with E-state index in [9.17, 15) is 20.1 Å². The molecule has 0 bridgehead atoms. The molecule has 0 saturated heterocycles. The Morgan fingerprint density at radius 2 is 1.84 bits per heavy atom. The van der Waals surface area contributed by atoms with Crippen molar-refractivity contribution in [2.45, 2.75) is 63.6 Å². The van der Waals surface area contributed by atoms with Gasteiger partial charge in [0, 0.05) is 5.92 Å². The number of aliphatic hydroxyl groups is 3. The normalized spacial score (nSPS) is 33.6. The number of hydrogen-bond acceptors (Lipinski definition) is 5. The van der Waals surface area contributed by atoms with Gasteiger partial charge in [0.2, 0.25) is 0 Å². The minimum absolute atomic E-state index is 0.0200. The number of Topliss-reactive ketones (excluding diaryl/α,β-unsaturated/α-hetero) is 1. The lowest BCUT2D eigenvalue weighted by Gasteiger charge is -2.43. The quantitative estimate of drug-likeness (QED) is 0.665. The summed E-state index contributed by atoms with van der Waals surface area (Å²) in [6.07, 6.45) is -2.99. The monoisotopic (exact) mass is 290 g/mol. The minimum Gasteiger partial charge on any atom is -0.411 e. The lowest BCUT2D eigenvalue weighted by Crippen LogP contribution is -2.56. The molecule has 5 nitrogen and oxygen atoms in total. The average Bonchev–Trinajstić information content (AvgIpc) is 2.28. The summed E-state index contributed by atoms with van der Waals surface area (Å²) in [6, 6.07) is 0. The molecule has 0 heterocycles. The van der Waals surface area contributed by atoms with Gasteiger partial charge in [-0.25, -0.2) is 0 Å². The van der Waals surface area contributed by atoms with Gasteiger partial charge in [0.05, 0.1) is 12.7 Å². The molecule has 1 fully saturated rings. The number of hydrogen-bond donors (Lipinski definition) is 3. The molecule has 1 aliphatic carbocycles. The molecular formula is C13H26O5Si. The smallest absolute Gasteiger partial charge is 0.192 e. The molecule has 0 aromatic heterocycles. The predicted molar refractivity (Wildman–Crippen MR) is 74.3 cm³/mol. The molecule has 4 atom stereocenters. The molecule has 0 aromatic rings. The standard InChI is InChI=1S/C13H26O5Si/c1-13(2,3)19(4,5)18-9-6-8(7-14)10(15)12(17)11(9)16/h8-9,11-12,14,16-17H,6-7H2,1-5H3/t8-,9+,11-,12+/m0/s1. The molecule has 0 spiro atoms. The Bertz CT molecular complexity index is 332. The Morgan fingerprint density at radius 3 is 2.26 bits per heavy atom. The van der Waals surface area contributed by atoms with Gasteiger partial charge in [-0.3, -0.25) is 4.79 Å². The van der Waals surface area contributed by atoms with Crippen LogP contribution in [0.3, 0.4) is 0 Å². The second kappa shape index (κ2) is 5.61. The number of carbonyl (C=O) groups excluding carboxylic acids is 1. The van der Waals surface area contributed by atoms with Crippen molar-refractivity contribution in [3.8, 4) is 0 Å². The Balaban J connectivity index is 2.86. The zero-order valence-corrected chi connectivity index (χ0v) is 13.4. The highest BCUT2D eigenvalue weighted by molar-refractivity contribution is 6.74. The molecule has 0 aliphatic heterocycles. The first-order valence-electron chi connectivity index (χ1n) is 6.70. The second-order valence-electron chi connectivity index (χ2n) is 6.87. The van der Waals surface area contributed by atoms with Gasteiger partial charge < -0.3 is 19.7 Å². The van der Waals surface area contributed by atoms with Crippen molar-refractivity contribution < 1.29 is 24.5 Å². The Kier molecular flexibility index (Phi) is 4.96. The van der Waals surface area contributed by atoms with E-state index in [1.165, 1.54) is 0 Å². The molecule has 1 rings (SSSR count). The van der Waals surface area contributed by atoms with E-state index >= 15 is 0 Å². The first-order valence-corrected chi connectivity index (χ1v) is 9.60. The zero-order chi connectivity index (χ0) is 15.0. The van der Waals surface area contributed by atoms with Gasteiger partial charge >= 0.3 is 0 Å². The molecule has 6 heteroatoms. The van der Waals surface area contributed by atoms with Gasteiger partial charge in [-0.05, 0) is 24.6 Å². The third-order valence-electron chi connectivity index (χ3n) is 4.39. The van der Waals surface area contributed by atoms with Crippen molar-refractivity contribution in [3.63, 3.8) is 0 Å². The topological polar surface area (TPSA) is 87.0 Å². The van der Waals surface area contributed by atoms with Gasteiger partial charge in [0.1, 0.15) is 12.2 Å². The first-order chi connectivity index (χ1) is 8.51. The predicted octanol–water partition coefficient (Wildman–Crippen LogP) is 0.680. The molecule has 0 amide bonds. The first kappa shape index (κ1) is 16.8. The lowest BCUT2D eigenvalue weighted by atomic mass is 9.83. The highest BCUT2D eigenvalue weighted by Gasteiger charge is 2.47. The summed E-state index contributed by atoms with van der Waals surface area (Å²) in [5.41, 5.74) is 0. The van der Waals surface area contributed by atoms with E-state index in [1.54, 1.807) is 0 Å². The van der Waals surface area contributed by atoms with Crippen molar-refractivity contribution >= 4 is 14.1 Å². The summed E-state index contributed by atoms with van der Waals surface area (Å²) in [5.74, 6) is -1.14. The molecule has 0 unspecified atom stereocenters. The van der Waals surface area contributed by atoms with Crippen LogP contribution in [-0.2, 0) is 9.22 Å². The van der Waals surface area contributed by atoms with Crippen molar-refractivity contribution in [1.29, 1.82) is 0 Å². The highest BCUT2D eigenvalue weighted by atomic mass is 28.4. The number of ketones is 1. The van der Waals surface area contributed by atoms with E-state index < -0.39 is 38.3 Å². The van der Waals surface area contributed by atoms with Crippen LogP contribution in [0.15, 0.2) is 0 Å². The SMILES string of the molecule is CC(C)(C)[Si](C)(C)O[C@@H]1C[C@@H](CO)C(=O)[C@@H](O)[C@H]1O. The minimum atomic E-state index is -2.09.